The normalized spacial score (nSPS) is 21.6. The third-order valence-corrected chi connectivity index (χ3v) is 6.69. The SMILES string of the molecule is CC1CCC(c2ccc3c(sc4c(F)c(C(F)(F)F)ccc43)c2F)CC1. The van der Waals surface area contributed by atoms with Crippen molar-refractivity contribution in [2.75, 3.05) is 0 Å². The molecule has 0 radical (unpaired) electrons. The largest absolute Gasteiger partial charge is 0.419 e. The van der Waals surface area contributed by atoms with E-state index in [1.54, 1.807) is 12.1 Å². The maximum Gasteiger partial charge on any atom is 0.419 e. The third kappa shape index (κ3) is 2.79. The molecule has 3 aromatic rings. The Morgan fingerprint density at radius 1 is 0.846 bits per heavy atom. The van der Waals surface area contributed by atoms with Crippen LogP contribution in [0.25, 0.3) is 20.2 Å². The van der Waals surface area contributed by atoms with E-state index in [1.807, 2.05) is 0 Å². The van der Waals surface area contributed by atoms with Crippen LogP contribution in [-0.2, 0) is 6.18 Å². The molecule has 1 saturated carbocycles. The van der Waals surface area contributed by atoms with Crippen molar-refractivity contribution in [1.29, 1.82) is 0 Å². The molecule has 26 heavy (non-hydrogen) atoms. The van der Waals surface area contributed by atoms with Crippen molar-refractivity contribution >= 4 is 31.5 Å². The molecule has 4 rings (SSSR count). The lowest BCUT2D eigenvalue weighted by molar-refractivity contribution is -0.139. The van der Waals surface area contributed by atoms with E-state index in [-0.39, 0.29) is 15.3 Å². The highest BCUT2D eigenvalue weighted by atomic mass is 32.1. The van der Waals surface area contributed by atoms with E-state index < -0.39 is 23.4 Å². The average Bonchev–Trinajstić information content (AvgIpc) is 2.96. The summed E-state index contributed by atoms with van der Waals surface area (Å²) in [6.07, 6.45) is -0.880. The Morgan fingerprint density at radius 2 is 1.42 bits per heavy atom. The van der Waals surface area contributed by atoms with Crippen molar-refractivity contribution in [3.05, 3.63) is 47.0 Å². The van der Waals surface area contributed by atoms with Gasteiger partial charge in [-0.1, -0.05) is 38.0 Å². The van der Waals surface area contributed by atoms with Crippen molar-refractivity contribution in [3.63, 3.8) is 0 Å². The first-order valence-corrected chi connectivity index (χ1v) is 9.49. The summed E-state index contributed by atoms with van der Waals surface area (Å²) in [4.78, 5) is 0. The number of hydrogen-bond donors (Lipinski definition) is 0. The predicted molar refractivity (Wildman–Crippen MR) is 94.6 cm³/mol. The van der Waals surface area contributed by atoms with Crippen LogP contribution in [0.15, 0.2) is 24.3 Å². The molecule has 1 aliphatic rings. The Morgan fingerprint density at radius 3 is 2.04 bits per heavy atom. The summed E-state index contributed by atoms with van der Waals surface area (Å²) in [7, 11) is 0. The van der Waals surface area contributed by atoms with Crippen molar-refractivity contribution in [3.8, 4) is 0 Å². The topological polar surface area (TPSA) is 0 Å². The van der Waals surface area contributed by atoms with Gasteiger partial charge in [0.25, 0.3) is 0 Å². The molecule has 1 aliphatic carbocycles. The van der Waals surface area contributed by atoms with Crippen LogP contribution in [0.4, 0.5) is 22.0 Å². The Labute approximate surface area is 151 Å². The number of halogens is 5. The summed E-state index contributed by atoms with van der Waals surface area (Å²) in [5, 5.41) is 0.807. The van der Waals surface area contributed by atoms with Gasteiger partial charge in [0.05, 0.1) is 15.0 Å². The van der Waals surface area contributed by atoms with Gasteiger partial charge in [-0.05, 0) is 36.3 Å². The van der Waals surface area contributed by atoms with Crippen LogP contribution in [0.2, 0.25) is 0 Å². The second-order valence-electron chi connectivity index (χ2n) is 7.21. The predicted octanol–water partition coefficient (Wildman–Crippen LogP) is 7.65. The number of thiophene rings is 1. The number of fused-ring (bicyclic) bond motifs is 3. The van der Waals surface area contributed by atoms with Gasteiger partial charge in [0, 0.05) is 10.8 Å². The van der Waals surface area contributed by atoms with E-state index in [0.717, 1.165) is 43.1 Å². The molecule has 0 unspecified atom stereocenters. The van der Waals surface area contributed by atoms with E-state index in [9.17, 15) is 17.6 Å². The minimum absolute atomic E-state index is 0.122. The summed E-state index contributed by atoms with van der Waals surface area (Å²) in [6.45, 7) is 2.18. The molecule has 1 fully saturated rings. The summed E-state index contributed by atoms with van der Waals surface area (Å²) < 4.78 is 68.5. The molecule has 138 valence electrons. The summed E-state index contributed by atoms with van der Waals surface area (Å²) >= 11 is 0.774. The monoisotopic (exact) mass is 384 g/mol. The molecule has 0 bridgehead atoms. The van der Waals surface area contributed by atoms with Gasteiger partial charge in [0.1, 0.15) is 5.82 Å². The van der Waals surface area contributed by atoms with Gasteiger partial charge in [-0.25, -0.2) is 8.78 Å². The maximum absolute atomic E-state index is 15.1. The first-order valence-electron chi connectivity index (χ1n) is 8.67. The fourth-order valence-electron chi connectivity index (χ4n) is 3.96. The molecular weight excluding hydrogens is 367 g/mol. The van der Waals surface area contributed by atoms with E-state index >= 15 is 4.39 Å². The summed E-state index contributed by atoms with van der Waals surface area (Å²) in [5.41, 5.74) is -0.703. The minimum Gasteiger partial charge on any atom is -0.205 e. The second kappa shape index (κ2) is 6.19. The quantitative estimate of drug-likeness (QED) is 0.378. The van der Waals surface area contributed by atoms with Crippen LogP contribution in [0.1, 0.15) is 49.7 Å². The molecule has 0 nitrogen and oxygen atoms in total. The van der Waals surface area contributed by atoms with Gasteiger partial charge in [-0.15, -0.1) is 11.3 Å². The van der Waals surface area contributed by atoms with E-state index in [2.05, 4.69) is 6.92 Å². The van der Waals surface area contributed by atoms with Gasteiger partial charge in [0.15, 0.2) is 5.82 Å². The molecule has 0 spiro atoms. The molecule has 6 heteroatoms. The number of rotatable bonds is 1. The molecule has 2 aromatic carbocycles. The van der Waals surface area contributed by atoms with Crippen molar-refractivity contribution in [1.82, 2.24) is 0 Å². The Balaban J connectivity index is 1.87. The Kier molecular flexibility index (Phi) is 4.21. The smallest absolute Gasteiger partial charge is 0.205 e. The van der Waals surface area contributed by atoms with Gasteiger partial charge in [-0.3, -0.25) is 0 Å². The van der Waals surface area contributed by atoms with Crippen LogP contribution in [0.5, 0.6) is 0 Å². The minimum atomic E-state index is -4.77. The molecule has 1 heterocycles. The number of benzene rings is 2. The van der Waals surface area contributed by atoms with Crippen molar-refractivity contribution in [2.45, 2.75) is 44.7 Å². The summed E-state index contributed by atoms with van der Waals surface area (Å²) in [6, 6.07) is 5.41. The first-order chi connectivity index (χ1) is 12.3. The van der Waals surface area contributed by atoms with Crippen LogP contribution >= 0.6 is 11.3 Å². The average molecular weight is 384 g/mol. The second-order valence-corrected chi connectivity index (χ2v) is 8.23. The van der Waals surface area contributed by atoms with Gasteiger partial charge < -0.3 is 0 Å². The fraction of sp³-hybridized carbons (Fsp3) is 0.400. The van der Waals surface area contributed by atoms with Gasteiger partial charge in [-0.2, -0.15) is 13.2 Å². The lowest BCUT2D eigenvalue weighted by atomic mass is 9.79. The maximum atomic E-state index is 15.1. The lowest BCUT2D eigenvalue weighted by Gasteiger charge is -2.26. The molecule has 0 atom stereocenters. The highest BCUT2D eigenvalue weighted by Gasteiger charge is 2.35. The number of hydrogen-bond acceptors (Lipinski definition) is 1. The highest BCUT2D eigenvalue weighted by Crippen LogP contribution is 2.44. The van der Waals surface area contributed by atoms with E-state index in [0.29, 0.717) is 22.3 Å². The number of alkyl halides is 3. The van der Waals surface area contributed by atoms with Crippen LogP contribution in [0, 0.1) is 17.6 Å². The summed E-state index contributed by atoms with van der Waals surface area (Å²) in [5.74, 6) is -0.964. The van der Waals surface area contributed by atoms with Crippen molar-refractivity contribution in [2.24, 2.45) is 5.92 Å². The highest BCUT2D eigenvalue weighted by molar-refractivity contribution is 7.25. The zero-order valence-corrected chi connectivity index (χ0v) is 14.9. The van der Waals surface area contributed by atoms with E-state index in [1.165, 1.54) is 6.07 Å². The van der Waals surface area contributed by atoms with Crippen LogP contribution in [0.3, 0.4) is 0 Å². The third-order valence-electron chi connectivity index (χ3n) is 5.48. The van der Waals surface area contributed by atoms with Crippen LogP contribution < -0.4 is 0 Å². The molecular formula is C20H17F5S. The van der Waals surface area contributed by atoms with Crippen molar-refractivity contribution < 1.29 is 22.0 Å². The molecule has 0 saturated heterocycles. The Hall–Kier alpha value is -1.69. The van der Waals surface area contributed by atoms with Crippen LogP contribution in [-0.4, -0.2) is 0 Å². The standard InChI is InChI=1S/C20H17F5S/c1-10-2-4-11(5-3-10)12-6-7-13-14-8-9-15(20(23,24)25)17(22)19(14)26-18(13)16(12)21/h6-11H,2-5H2,1H3. The molecule has 0 aliphatic heterocycles. The lowest BCUT2D eigenvalue weighted by Crippen LogP contribution is -2.12. The first kappa shape index (κ1) is 17.7. The molecule has 0 amide bonds. The zero-order valence-electron chi connectivity index (χ0n) is 14.1. The fourth-order valence-corrected chi connectivity index (χ4v) is 5.15. The Bertz CT molecular complexity index is 977. The van der Waals surface area contributed by atoms with Gasteiger partial charge >= 0.3 is 6.18 Å². The van der Waals surface area contributed by atoms with E-state index in [4.69, 9.17) is 0 Å². The zero-order chi connectivity index (χ0) is 18.6. The van der Waals surface area contributed by atoms with Gasteiger partial charge in [0.2, 0.25) is 0 Å². The molecule has 0 N–H and O–H groups in total. The molecule has 1 aromatic heterocycles.